The third kappa shape index (κ3) is 3.98. The van der Waals surface area contributed by atoms with Crippen molar-refractivity contribution in [1.82, 2.24) is 9.97 Å². The van der Waals surface area contributed by atoms with Crippen LogP contribution in [0.1, 0.15) is 35.9 Å². The van der Waals surface area contributed by atoms with Gasteiger partial charge in [0.2, 0.25) is 5.82 Å². The van der Waals surface area contributed by atoms with Gasteiger partial charge in [0.25, 0.3) is 0 Å². The zero-order valence-electron chi connectivity index (χ0n) is 16.2. The van der Waals surface area contributed by atoms with Gasteiger partial charge >= 0.3 is 5.97 Å². The van der Waals surface area contributed by atoms with Gasteiger partial charge in [-0.2, -0.15) is 0 Å². The van der Waals surface area contributed by atoms with E-state index >= 15 is 0 Å². The van der Waals surface area contributed by atoms with Gasteiger partial charge < -0.3 is 9.64 Å². The Balaban J connectivity index is 1.55. The Hall–Kier alpha value is -2.95. The van der Waals surface area contributed by atoms with Crippen LogP contribution in [0.2, 0.25) is 0 Å². The quantitative estimate of drug-likeness (QED) is 0.624. The van der Waals surface area contributed by atoms with Crippen molar-refractivity contribution >= 4 is 22.7 Å². The molecular weight excluding hydrogens is 350 g/mol. The summed E-state index contributed by atoms with van der Waals surface area (Å²) in [6, 6.07) is 18.5. The molecular formula is C23H25N3O2. The van der Waals surface area contributed by atoms with E-state index in [9.17, 15) is 4.79 Å². The smallest absolute Gasteiger partial charge is 0.376 e. The molecule has 1 saturated heterocycles. The summed E-state index contributed by atoms with van der Waals surface area (Å²) in [4.78, 5) is 23.5. The van der Waals surface area contributed by atoms with Crippen LogP contribution in [0.4, 0.5) is 5.82 Å². The predicted octanol–water partition coefficient (Wildman–Crippen LogP) is 4.27. The van der Waals surface area contributed by atoms with Crippen LogP contribution in [-0.2, 0) is 11.2 Å². The molecule has 5 nitrogen and oxygen atoms in total. The highest BCUT2D eigenvalue weighted by Crippen LogP contribution is 2.29. The first-order valence-electron chi connectivity index (χ1n) is 9.97. The van der Waals surface area contributed by atoms with Crippen molar-refractivity contribution in [3.8, 4) is 0 Å². The van der Waals surface area contributed by atoms with Crippen molar-refractivity contribution in [3.63, 3.8) is 0 Å². The van der Waals surface area contributed by atoms with Gasteiger partial charge in [0.15, 0.2) is 0 Å². The van der Waals surface area contributed by atoms with E-state index in [1.54, 1.807) is 6.92 Å². The van der Waals surface area contributed by atoms with Gasteiger partial charge in [-0.15, -0.1) is 0 Å². The summed E-state index contributed by atoms with van der Waals surface area (Å²) >= 11 is 0. The highest BCUT2D eigenvalue weighted by Gasteiger charge is 2.24. The number of piperidine rings is 1. The molecule has 2 aromatic carbocycles. The summed E-state index contributed by atoms with van der Waals surface area (Å²) in [5, 5.41) is 0.983. The van der Waals surface area contributed by atoms with E-state index in [0.29, 0.717) is 12.5 Å². The Morgan fingerprint density at radius 2 is 1.75 bits per heavy atom. The fourth-order valence-electron chi connectivity index (χ4n) is 3.88. The van der Waals surface area contributed by atoms with Gasteiger partial charge in [-0.1, -0.05) is 42.5 Å². The van der Waals surface area contributed by atoms with Crippen molar-refractivity contribution in [3.05, 3.63) is 66.0 Å². The summed E-state index contributed by atoms with van der Waals surface area (Å²) < 4.78 is 5.12. The summed E-state index contributed by atoms with van der Waals surface area (Å²) in [5.74, 6) is 1.19. The molecule has 2 heterocycles. The molecule has 1 fully saturated rings. The van der Waals surface area contributed by atoms with E-state index < -0.39 is 5.97 Å². The normalized spacial score (nSPS) is 15.0. The van der Waals surface area contributed by atoms with Gasteiger partial charge in [-0.25, -0.2) is 14.8 Å². The molecule has 1 aliphatic rings. The van der Waals surface area contributed by atoms with Crippen LogP contribution in [-0.4, -0.2) is 35.6 Å². The second-order valence-corrected chi connectivity index (χ2v) is 7.23. The first-order valence-corrected chi connectivity index (χ1v) is 9.97. The van der Waals surface area contributed by atoms with E-state index in [0.717, 1.165) is 49.1 Å². The Morgan fingerprint density at radius 1 is 1.04 bits per heavy atom. The topological polar surface area (TPSA) is 55.3 Å². The predicted molar refractivity (Wildman–Crippen MR) is 111 cm³/mol. The summed E-state index contributed by atoms with van der Waals surface area (Å²) in [5.41, 5.74) is 2.18. The number of fused-ring (bicyclic) bond motifs is 1. The molecule has 0 spiro atoms. The number of benzene rings is 2. The van der Waals surface area contributed by atoms with Crippen LogP contribution in [0.5, 0.6) is 0 Å². The van der Waals surface area contributed by atoms with Gasteiger partial charge in [0, 0.05) is 18.5 Å². The largest absolute Gasteiger partial charge is 0.460 e. The first-order chi connectivity index (χ1) is 13.7. The molecule has 0 N–H and O–H groups in total. The molecule has 1 aliphatic heterocycles. The minimum atomic E-state index is -0.464. The van der Waals surface area contributed by atoms with E-state index in [2.05, 4.69) is 45.2 Å². The molecule has 0 amide bonds. The van der Waals surface area contributed by atoms with E-state index in [-0.39, 0.29) is 5.82 Å². The lowest BCUT2D eigenvalue weighted by Crippen LogP contribution is -2.35. The number of esters is 1. The lowest BCUT2D eigenvalue weighted by atomic mass is 9.90. The van der Waals surface area contributed by atoms with Gasteiger partial charge in [0.05, 0.1) is 12.1 Å². The van der Waals surface area contributed by atoms with Gasteiger partial charge in [0.1, 0.15) is 5.82 Å². The minimum Gasteiger partial charge on any atom is -0.460 e. The first kappa shape index (κ1) is 18.4. The number of hydrogen-bond donors (Lipinski definition) is 0. The molecule has 0 aliphatic carbocycles. The molecule has 0 atom stereocenters. The number of ether oxygens (including phenoxy) is 1. The molecule has 4 rings (SSSR count). The molecule has 0 bridgehead atoms. The molecule has 3 aromatic rings. The molecule has 0 radical (unpaired) electrons. The van der Waals surface area contributed by atoms with Crippen molar-refractivity contribution in [2.75, 3.05) is 24.6 Å². The highest BCUT2D eigenvalue weighted by atomic mass is 16.5. The zero-order chi connectivity index (χ0) is 19.3. The van der Waals surface area contributed by atoms with Crippen LogP contribution < -0.4 is 4.90 Å². The van der Waals surface area contributed by atoms with Crippen LogP contribution in [0.25, 0.3) is 10.9 Å². The average Bonchev–Trinajstić information content (AvgIpc) is 2.74. The van der Waals surface area contributed by atoms with E-state index in [4.69, 9.17) is 4.74 Å². The summed E-state index contributed by atoms with van der Waals surface area (Å²) in [7, 11) is 0. The third-order valence-corrected chi connectivity index (χ3v) is 5.32. The lowest BCUT2D eigenvalue weighted by Gasteiger charge is -2.33. The van der Waals surface area contributed by atoms with Crippen LogP contribution in [0.15, 0.2) is 54.6 Å². The Kier molecular flexibility index (Phi) is 5.51. The fraction of sp³-hybridized carbons (Fsp3) is 0.348. The zero-order valence-corrected chi connectivity index (χ0v) is 16.2. The second kappa shape index (κ2) is 8.38. The van der Waals surface area contributed by atoms with Crippen molar-refractivity contribution in [2.45, 2.75) is 26.2 Å². The van der Waals surface area contributed by atoms with Crippen molar-refractivity contribution in [1.29, 1.82) is 0 Å². The SMILES string of the molecule is CCOC(=O)c1nc(N2CCC(Cc3ccccc3)CC2)c2ccccc2n1. The number of rotatable bonds is 5. The number of carbonyl (C=O) groups excluding carboxylic acids is 1. The minimum absolute atomic E-state index is 0.141. The Morgan fingerprint density at radius 3 is 2.50 bits per heavy atom. The standard InChI is InChI=1S/C23H25N3O2/c1-2-28-23(27)21-24-20-11-7-6-10-19(20)22(25-21)26-14-12-18(13-15-26)16-17-8-4-3-5-9-17/h3-11,18H,2,12-16H2,1H3. The fourth-order valence-corrected chi connectivity index (χ4v) is 3.88. The van der Waals surface area contributed by atoms with Crippen molar-refractivity contribution in [2.24, 2.45) is 5.92 Å². The molecule has 144 valence electrons. The number of hydrogen-bond acceptors (Lipinski definition) is 5. The maximum absolute atomic E-state index is 12.2. The van der Waals surface area contributed by atoms with Crippen LogP contribution >= 0.6 is 0 Å². The highest BCUT2D eigenvalue weighted by molar-refractivity contribution is 5.94. The van der Waals surface area contributed by atoms with Gasteiger partial charge in [-0.05, 0) is 49.8 Å². The second-order valence-electron chi connectivity index (χ2n) is 7.23. The van der Waals surface area contributed by atoms with Gasteiger partial charge in [-0.3, -0.25) is 0 Å². The number of para-hydroxylation sites is 1. The van der Waals surface area contributed by atoms with Crippen LogP contribution in [0, 0.1) is 5.92 Å². The maximum Gasteiger partial charge on any atom is 0.376 e. The maximum atomic E-state index is 12.2. The molecule has 0 unspecified atom stereocenters. The Labute approximate surface area is 165 Å². The Bertz CT molecular complexity index is 950. The molecule has 0 saturated carbocycles. The van der Waals surface area contributed by atoms with Crippen molar-refractivity contribution < 1.29 is 9.53 Å². The molecule has 5 heteroatoms. The molecule has 28 heavy (non-hydrogen) atoms. The average molecular weight is 375 g/mol. The van der Waals surface area contributed by atoms with E-state index in [1.165, 1.54) is 5.56 Å². The third-order valence-electron chi connectivity index (χ3n) is 5.32. The van der Waals surface area contributed by atoms with Crippen LogP contribution in [0.3, 0.4) is 0 Å². The number of aromatic nitrogens is 2. The van der Waals surface area contributed by atoms with E-state index in [1.807, 2.05) is 24.3 Å². The number of nitrogens with zero attached hydrogens (tertiary/aromatic N) is 3. The number of anilines is 1. The molecule has 1 aromatic heterocycles. The summed E-state index contributed by atoms with van der Waals surface area (Å²) in [6.07, 6.45) is 3.34. The number of carbonyl (C=O) groups is 1. The monoisotopic (exact) mass is 375 g/mol. The lowest BCUT2D eigenvalue weighted by molar-refractivity contribution is 0.0512. The summed E-state index contributed by atoms with van der Waals surface area (Å²) in [6.45, 7) is 3.97.